The van der Waals surface area contributed by atoms with E-state index in [-0.39, 0.29) is 5.28 Å². The predicted octanol–water partition coefficient (Wildman–Crippen LogP) is 11.1. The molecule has 45 heavy (non-hydrogen) atoms. The van der Waals surface area contributed by atoms with Crippen molar-refractivity contribution in [3.63, 3.8) is 0 Å². The van der Waals surface area contributed by atoms with E-state index in [9.17, 15) is 0 Å². The molecule has 0 amide bonds. The number of methoxy groups -OCH3 is 1. The zero-order chi connectivity index (χ0) is 30.1. The molecular weight excluding hydrogens is 594 g/mol. The van der Waals surface area contributed by atoms with Gasteiger partial charge in [0.1, 0.15) is 11.4 Å². The summed E-state index contributed by atoms with van der Waals surface area (Å²) in [4.78, 5) is 9.14. The number of aromatic nitrogens is 3. The molecule has 0 saturated carbocycles. The predicted molar refractivity (Wildman–Crippen MR) is 189 cm³/mol. The minimum absolute atomic E-state index is 0.176. The van der Waals surface area contributed by atoms with Crippen molar-refractivity contribution in [1.82, 2.24) is 14.5 Å². The molecule has 0 aliphatic heterocycles. The molecule has 214 valence electrons. The lowest BCUT2D eigenvalue weighted by atomic mass is 9.99. The SMILES string of the molecule is COc1c(-c2ccccc2)nc(Cl)nc1-c1ccc(-n2c3ccccc3c3c4ccccc4c4c5ccccc5sc4c32)cc1. The summed E-state index contributed by atoms with van der Waals surface area (Å²) in [5, 5.41) is 7.86. The van der Waals surface area contributed by atoms with E-state index in [1.807, 2.05) is 41.7 Å². The van der Waals surface area contributed by atoms with E-state index in [1.54, 1.807) is 7.11 Å². The van der Waals surface area contributed by atoms with Crippen LogP contribution in [0.1, 0.15) is 0 Å². The third-order valence-corrected chi connectivity index (χ3v) is 9.99. The van der Waals surface area contributed by atoms with Gasteiger partial charge < -0.3 is 9.30 Å². The molecule has 0 saturated heterocycles. The molecule has 9 rings (SSSR count). The fourth-order valence-electron chi connectivity index (χ4n) is 6.77. The van der Waals surface area contributed by atoms with Gasteiger partial charge in [0.15, 0.2) is 5.75 Å². The van der Waals surface area contributed by atoms with E-state index >= 15 is 0 Å². The maximum absolute atomic E-state index is 6.48. The van der Waals surface area contributed by atoms with E-state index in [2.05, 4.69) is 112 Å². The Morgan fingerprint density at radius 1 is 0.600 bits per heavy atom. The quantitative estimate of drug-likeness (QED) is 0.184. The van der Waals surface area contributed by atoms with Crippen LogP contribution in [0.15, 0.2) is 127 Å². The molecule has 4 nitrogen and oxygen atoms in total. The molecule has 0 N–H and O–H groups in total. The Hall–Kier alpha value is -5.23. The van der Waals surface area contributed by atoms with Crippen LogP contribution in [0.4, 0.5) is 0 Å². The number of fused-ring (bicyclic) bond motifs is 10. The summed E-state index contributed by atoms with van der Waals surface area (Å²) in [6.45, 7) is 0. The monoisotopic (exact) mass is 617 g/mol. The summed E-state index contributed by atoms with van der Waals surface area (Å²) >= 11 is 8.35. The summed E-state index contributed by atoms with van der Waals surface area (Å²) in [5.41, 5.74) is 6.61. The van der Waals surface area contributed by atoms with Crippen LogP contribution in [0.2, 0.25) is 5.28 Å². The third kappa shape index (κ3) is 3.91. The summed E-state index contributed by atoms with van der Waals surface area (Å²) in [5.74, 6) is 0.591. The standard InChI is InChI=1S/C39H24ClN3OS/c1-44-37-34(23-11-3-2-4-12-23)41-39(40)42-35(37)24-19-21-25(22-20-24)43-30-17-9-7-15-28(30)32-26-13-5-6-14-27(26)33-29-16-8-10-18-31(29)45-38(33)36(32)43/h2-22H,1H3. The molecule has 0 spiro atoms. The number of hydrogen-bond acceptors (Lipinski definition) is 4. The Labute approximate surface area is 267 Å². The van der Waals surface area contributed by atoms with Crippen LogP contribution in [-0.2, 0) is 0 Å². The van der Waals surface area contributed by atoms with Crippen LogP contribution < -0.4 is 4.74 Å². The maximum atomic E-state index is 6.48. The molecule has 6 aromatic carbocycles. The van der Waals surface area contributed by atoms with Crippen LogP contribution in [0.5, 0.6) is 5.75 Å². The van der Waals surface area contributed by atoms with Gasteiger partial charge in [-0.05, 0) is 46.6 Å². The highest BCUT2D eigenvalue weighted by Gasteiger charge is 2.22. The number of ether oxygens (including phenoxy) is 1. The second-order valence-electron chi connectivity index (χ2n) is 11.1. The minimum atomic E-state index is 0.176. The van der Waals surface area contributed by atoms with E-state index in [1.165, 1.54) is 52.8 Å². The second kappa shape index (κ2) is 10.2. The average Bonchev–Trinajstić information content (AvgIpc) is 3.65. The molecule has 0 radical (unpaired) electrons. The van der Waals surface area contributed by atoms with Gasteiger partial charge in [0.2, 0.25) is 5.28 Å². The average molecular weight is 618 g/mol. The van der Waals surface area contributed by atoms with Crippen molar-refractivity contribution in [1.29, 1.82) is 0 Å². The van der Waals surface area contributed by atoms with Gasteiger partial charge in [0.05, 0.1) is 22.8 Å². The number of thiophene rings is 1. The van der Waals surface area contributed by atoms with E-state index in [4.69, 9.17) is 16.3 Å². The Kier molecular flexibility index (Phi) is 5.92. The van der Waals surface area contributed by atoms with Crippen molar-refractivity contribution in [2.24, 2.45) is 0 Å². The second-order valence-corrected chi connectivity index (χ2v) is 12.5. The van der Waals surface area contributed by atoms with Crippen LogP contribution in [0.3, 0.4) is 0 Å². The van der Waals surface area contributed by atoms with Crippen LogP contribution >= 0.6 is 22.9 Å². The highest BCUT2D eigenvalue weighted by atomic mass is 35.5. The molecule has 0 aliphatic carbocycles. The highest BCUT2D eigenvalue weighted by molar-refractivity contribution is 7.27. The molecule has 3 heterocycles. The highest BCUT2D eigenvalue weighted by Crippen LogP contribution is 2.48. The zero-order valence-corrected chi connectivity index (χ0v) is 25.7. The summed E-state index contributed by atoms with van der Waals surface area (Å²) < 4.78 is 10.9. The van der Waals surface area contributed by atoms with Gasteiger partial charge in [-0.1, -0.05) is 103 Å². The van der Waals surface area contributed by atoms with Gasteiger partial charge in [-0.2, -0.15) is 0 Å². The first-order valence-corrected chi connectivity index (χ1v) is 15.9. The minimum Gasteiger partial charge on any atom is -0.492 e. The van der Waals surface area contributed by atoms with Crippen molar-refractivity contribution >= 4 is 75.7 Å². The van der Waals surface area contributed by atoms with Gasteiger partial charge in [0, 0.05) is 43.1 Å². The molecule has 0 atom stereocenters. The third-order valence-electron chi connectivity index (χ3n) is 8.64. The van der Waals surface area contributed by atoms with Crippen molar-refractivity contribution in [2.75, 3.05) is 7.11 Å². The van der Waals surface area contributed by atoms with Crippen LogP contribution in [-0.4, -0.2) is 21.6 Å². The smallest absolute Gasteiger partial charge is 0.223 e. The van der Waals surface area contributed by atoms with Gasteiger partial charge in [-0.3, -0.25) is 0 Å². The Morgan fingerprint density at radius 2 is 1.18 bits per heavy atom. The van der Waals surface area contributed by atoms with Gasteiger partial charge in [-0.25, -0.2) is 9.97 Å². The Morgan fingerprint density at radius 3 is 1.89 bits per heavy atom. The van der Waals surface area contributed by atoms with Crippen molar-refractivity contribution in [3.05, 3.63) is 133 Å². The fraction of sp³-hybridized carbons (Fsp3) is 0.0256. The zero-order valence-electron chi connectivity index (χ0n) is 24.2. The van der Waals surface area contributed by atoms with Gasteiger partial charge >= 0.3 is 0 Å². The molecule has 0 aliphatic rings. The number of nitrogens with zero attached hydrogens (tertiary/aromatic N) is 3. The Bertz CT molecular complexity index is 2590. The Balaban J connectivity index is 1.32. The van der Waals surface area contributed by atoms with Crippen molar-refractivity contribution in [3.8, 4) is 34.0 Å². The largest absolute Gasteiger partial charge is 0.492 e. The fourth-order valence-corrected chi connectivity index (χ4v) is 8.19. The number of rotatable bonds is 4. The normalized spacial score (nSPS) is 11.8. The topological polar surface area (TPSA) is 39.9 Å². The number of halogens is 1. The summed E-state index contributed by atoms with van der Waals surface area (Å²) in [6, 6.07) is 44.7. The number of hydrogen-bond donors (Lipinski definition) is 0. The summed E-state index contributed by atoms with van der Waals surface area (Å²) in [6.07, 6.45) is 0. The number of para-hydroxylation sites is 1. The van der Waals surface area contributed by atoms with Crippen molar-refractivity contribution < 1.29 is 4.74 Å². The number of benzene rings is 6. The molecule has 9 aromatic rings. The molecule has 6 heteroatoms. The molecule has 0 bridgehead atoms. The van der Waals surface area contributed by atoms with Crippen molar-refractivity contribution in [2.45, 2.75) is 0 Å². The van der Waals surface area contributed by atoms with Gasteiger partial charge in [-0.15, -0.1) is 11.3 Å². The molecule has 0 unspecified atom stereocenters. The van der Waals surface area contributed by atoms with Gasteiger partial charge in [0.25, 0.3) is 0 Å². The molecule has 3 aromatic heterocycles. The van der Waals surface area contributed by atoms with E-state index < -0.39 is 0 Å². The van der Waals surface area contributed by atoms with E-state index in [0.717, 1.165) is 16.8 Å². The first-order valence-electron chi connectivity index (χ1n) is 14.7. The lowest BCUT2D eigenvalue weighted by molar-refractivity contribution is 0.414. The van der Waals surface area contributed by atoms with Crippen LogP contribution in [0.25, 0.3) is 81.0 Å². The lowest BCUT2D eigenvalue weighted by Crippen LogP contribution is -1.99. The first-order chi connectivity index (χ1) is 22.2. The molecule has 0 fully saturated rings. The van der Waals surface area contributed by atoms with Crippen LogP contribution in [0, 0.1) is 0 Å². The summed E-state index contributed by atoms with van der Waals surface area (Å²) in [7, 11) is 1.65. The lowest BCUT2D eigenvalue weighted by Gasteiger charge is -2.14. The van der Waals surface area contributed by atoms with E-state index in [0.29, 0.717) is 17.1 Å². The maximum Gasteiger partial charge on any atom is 0.223 e. The first kappa shape index (κ1) is 26.2. The molecular formula is C39H24ClN3OS.